The number of likely N-dealkylation sites (tertiary alicyclic amines) is 1. The molecule has 0 aliphatic carbocycles. The lowest BCUT2D eigenvalue weighted by molar-refractivity contribution is -0.144. The highest BCUT2D eigenvalue weighted by atomic mass is 32.1. The average molecular weight is 254 g/mol. The third kappa shape index (κ3) is 3.04. The van der Waals surface area contributed by atoms with Gasteiger partial charge in [-0.2, -0.15) is 0 Å². The number of piperidine rings is 1. The molecule has 1 aromatic heterocycles. The van der Waals surface area contributed by atoms with E-state index in [4.69, 9.17) is 5.11 Å². The molecule has 1 fully saturated rings. The van der Waals surface area contributed by atoms with Crippen LogP contribution in [0.5, 0.6) is 0 Å². The lowest BCUT2D eigenvalue weighted by Gasteiger charge is -2.35. The number of aromatic nitrogens is 1. The van der Waals surface area contributed by atoms with Gasteiger partial charge in [0.15, 0.2) is 0 Å². The van der Waals surface area contributed by atoms with Gasteiger partial charge in [-0.1, -0.05) is 0 Å². The van der Waals surface area contributed by atoms with E-state index in [0.29, 0.717) is 6.04 Å². The summed E-state index contributed by atoms with van der Waals surface area (Å²) in [5.41, 5.74) is 0. The first kappa shape index (κ1) is 12.5. The zero-order chi connectivity index (χ0) is 12.4. The highest BCUT2D eigenvalue weighted by molar-refractivity contribution is 7.11. The van der Waals surface area contributed by atoms with E-state index in [1.165, 1.54) is 4.88 Å². The van der Waals surface area contributed by atoms with Crippen molar-refractivity contribution in [3.63, 3.8) is 0 Å². The number of carboxylic acids is 1. The minimum absolute atomic E-state index is 0.163. The minimum atomic E-state index is -0.648. The van der Waals surface area contributed by atoms with Crippen LogP contribution in [0.1, 0.15) is 29.7 Å². The molecule has 1 N–H and O–H groups in total. The SMILES string of the molecule is Cc1ncc(CN2CCC(C(=O)O)CC2C)s1. The molecule has 1 aliphatic heterocycles. The molecule has 4 nitrogen and oxygen atoms in total. The topological polar surface area (TPSA) is 53.4 Å². The van der Waals surface area contributed by atoms with Gasteiger partial charge in [0.05, 0.1) is 10.9 Å². The molecule has 0 amide bonds. The third-order valence-electron chi connectivity index (χ3n) is 3.39. The molecule has 0 bridgehead atoms. The summed E-state index contributed by atoms with van der Waals surface area (Å²) in [6, 6.07) is 0.340. The van der Waals surface area contributed by atoms with Gasteiger partial charge in [0, 0.05) is 23.7 Å². The van der Waals surface area contributed by atoms with Crippen LogP contribution in [0, 0.1) is 12.8 Å². The predicted molar refractivity (Wildman–Crippen MR) is 67.1 cm³/mol. The molecule has 1 aliphatic rings. The van der Waals surface area contributed by atoms with Crippen LogP contribution in [-0.4, -0.2) is 33.5 Å². The van der Waals surface area contributed by atoms with Crippen LogP contribution < -0.4 is 0 Å². The van der Waals surface area contributed by atoms with Crippen molar-refractivity contribution in [3.05, 3.63) is 16.1 Å². The Kier molecular flexibility index (Phi) is 3.79. The molecule has 2 unspecified atom stereocenters. The molecule has 0 radical (unpaired) electrons. The summed E-state index contributed by atoms with van der Waals surface area (Å²) in [4.78, 5) is 18.8. The normalized spacial score (nSPS) is 26.0. The molecular weight excluding hydrogens is 236 g/mol. The second-order valence-corrected chi connectivity index (χ2v) is 6.04. The molecule has 1 saturated heterocycles. The Labute approximate surface area is 105 Å². The summed E-state index contributed by atoms with van der Waals surface area (Å²) >= 11 is 1.72. The maximum absolute atomic E-state index is 10.9. The smallest absolute Gasteiger partial charge is 0.306 e. The summed E-state index contributed by atoms with van der Waals surface area (Å²) < 4.78 is 0. The summed E-state index contributed by atoms with van der Waals surface area (Å²) in [5.74, 6) is -0.811. The van der Waals surface area contributed by atoms with Gasteiger partial charge in [0.25, 0.3) is 0 Å². The lowest BCUT2D eigenvalue weighted by Crippen LogP contribution is -2.41. The number of aryl methyl sites for hydroxylation is 1. The monoisotopic (exact) mass is 254 g/mol. The highest BCUT2D eigenvalue weighted by Gasteiger charge is 2.29. The number of carboxylic acid groups (broad SMARTS) is 1. The summed E-state index contributed by atoms with van der Waals surface area (Å²) in [6.45, 7) is 5.89. The number of rotatable bonds is 3. The Morgan fingerprint density at radius 1 is 1.71 bits per heavy atom. The molecule has 2 atom stereocenters. The lowest BCUT2D eigenvalue weighted by atomic mass is 9.92. The second-order valence-electron chi connectivity index (χ2n) is 4.72. The second kappa shape index (κ2) is 5.14. The van der Waals surface area contributed by atoms with Crippen LogP contribution in [0.3, 0.4) is 0 Å². The number of nitrogens with zero attached hydrogens (tertiary/aromatic N) is 2. The zero-order valence-electron chi connectivity index (χ0n) is 10.2. The quantitative estimate of drug-likeness (QED) is 0.898. The van der Waals surface area contributed by atoms with Gasteiger partial charge in [0.2, 0.25) is 0 Å². The predicted octanol–water partition coefficient (Wildman–Crippen LogP) is 2.14. The van der Waals surface area contributed by atoms with Crippen LogP contribution in [0.15, 0.2) is 6.20 Å². The summed E-state index contributed by atoms with van der Waals surface area (Å²) in [7, 11) is 0. The first-order chi connectivity index (χ1) is 8.06. The van der Waals surface area contributed by atoms with E-state index in [-0.39, 0.29) is 5.92 Å². The van der Waals surface area contributed by atoms with Crippen molar-refractivity contribution in [2.75, 3.05) is 6.54 Å². The van der Waals surface area contributed by atoms with Crippen LogP contribution in [0.4, 0.5) is 0 Å². The number of hydrogen-bond acceptors (Lipinski definition) is 4. The van der Waals surface area contributed by atoms with Gasteiger partial charge in [-0.15, -0.1) is 11.3 Å². The molecule has 17 heavy (non-hydrogen) atoms. The fourth-order valence-electron chi connectivity index (χ4n) is 2.36. The number of aliphatic carboxylic acids is 1. The fraction of sp³-hybridized carbons (Fsp3) is 0.667. The number of hydrogen-bond donors (Lipinski definition) is 1. The van der Waals surface area contributed by atoms with Crippen molar-refractivity contribution in [2.45, 2.75) is 39.3 Å². The van der Waals surface area contributed by atoms with Crippen LogP contribution >= 0.6 is 11.3 Å². The molecule has 2 rings (SSSR count). The van der Waals surface area contributed by atoms with Crippen LogP contribution in [0.25, 0.3) is 0 Å². The van der Waals surface area contributed by atoms with Gasteiger partial charge in [0.1, 0.15) is 0 Å². The molecular formula is C12H18N2O2S. The molecule has 0 aromatic carbocycles. The maximum Gasteiger partial charge on any atom is 0.306 e. The number of carbonyl (C=O) groups is 1. The van der Waals surface area contributed by atoms with Gasteiger partial charge in [-0.25, -0.2) is 4.98 Å². The largest absolute Gasteiger partial charge is 0.481 e. The van der Waals surface area contributed by atoms with Gasteiger partial charge >= 0.3 is 5.97 Å². The van der Waals surface area contributed by atoms with E-state index >= 15 is 0 Å². The van der Waals surface area contributed by atoms with E-state index in [9.17, 15) is 4.79 Å². The van der Waals surface area contributed by atoms with E-state index < -0.39 is 5.97 Å². The third-order valence-corrected chi connectivity index (χ3v) is 4.29. The standard InChI is InChI=1S/C12H18N2O2S/c1-8-5-10(12(15)16)3-4-14(8)7-11-6-13-9(2)17-11/h6,8,10H,3-5,7H2,1-2H3,(H,15,16). The van der Waals surface area contributed by atoms with Crippen molar-refractivity contribution in [1.82, 2.24) is 9.88 Å². The molecule has 0 saturated carbocycles. The van der Waals surface area contributed by atoms with Gasteiger partial charge in [-0.05, 0) is 33.2 Å². The van der Waals surface area contributed by atoms with E-state index in [0.717, 1.165) is 30.9 Å². The van der Waals surface area contributed by atoms with Crippen molar-refractivity contribution in [1.29, 1.82) is 0 Å². The zero-order valence-corrected chi connectivity index (χ0v) is 11.0. The van der Waals surface area contributed by atoms with Crippen LogP contribution in [-0.2, 0) is 11.3 Å². The molecule has 5 heteroatoms. The summed E-state index contributed by atoms with van der Waals surface area (Å²) in [5, 5.41) is 10.1. The van der Waals surface area contributed by atoms with Gasteiger partial charge in [-0.3, -0.25) is 9.69 Å². The molecule has 0 spiro atoms. The van der Waals surface area contributed by atoms with E-state index in [2.05, 4.69) is 16.8 Å². The Bertz CT molecular complexity index is 405. The molecule has 94 valence electrons. The summed E-state index contributed by atoms with van der Waals surface area (Å²) in [6.07, 6.45) is 3.45. The van der Waals surface area contributed by atoms with Crippen LogP contribution in [0.2, 0.25) is 0 Å². The van der Waals surface area contributed by atoms with Crippen molar-refractivity contribution in [2.24, 2.45) is 5.92 Å². The Hall–Kier alpha value is -0.940. The average Bonchev–Trinajstić information content (AvgIpc) is 2.67. The fourth-order valence-corrected chi connectivity index (χ4v) is 3.18. The first-order valence-corrected chi connectivity index (χ1v) is 6.76. The maximum atomic E-state index is 10.9. The van der Waals surface area contributed by atoms with E-state index in [1.54, 1.807) is 11.3 Å². The minimum Gasteiger partial charge on any atom is -0.481 e. The molecule has 1 aromatic rings. The molecule has 2 heterocycles. The number of thiazole rings is 1. The Morgan fingerprint density at radius 2 is 2.47 bits per heavy atom. The van der Waals surface area contributed by atoms with E-state index in [1.807, 2.05) is 13.1 Å². The Morgan fingerprint density at radius 3 is 3.00 bits per heavy atom. The first-order valence-electron chi connectivity index (χ1n) is 5.94. The Balaban J connectivity index is 1.93. The highest BCUT2D eigenvalue weighted by Crippen LogP contribution is 2.25. The van der Waals surface area contributed by atoms with Crippen molar-refractivity contribution >= 4 is 17.3 Å². The van der Waals surface area contributed by atoms with Crippen molar-refractivity contribution in [3.8, 4) is 0 Å². The van der Waals surface area contributed by atoms with Gasteiger partial charge < -0.3 is 5.11 Å². The van der Waals surface area contributed by atoms with Crippen molar-refractivity contribution < 1.29 is 9.90 Å².